The molecule has 2 aromatic carbocycles. The highest BCUT2D eigenvalue weighted by Crippen LogP contribution is 2.34. The third-order valence-electron chi connectivity index (χ3n) is 6.40. The molecular formula is C26H31FN2O3. The van der Waals surface area contributed by atoms with E-state index in [1.165, 1.54) is 12.1 Å². The van der Waals surface area contributed by atoms with Gasteiger partial charge in [0.2, 0.25) is 11.8 Å². The minimum Gasteiger partial charge on any atom is -0.490 e. The van der Waals surface area contributed by atoms with Gasteiger partial charge in [-0.3, -0.25) is 9.59 Å². The van der Waals surface area contributed by atoms with Crippen LogP contribution >= 0.6 is 0 Å². The quantitative estimate of drug-likeness (QED) is 0.619. The predicted molar refractivity (Wildman–Crippen MR) is 120 cm³/mol. The molecule has 5 nitrogen and oxygen atoms in total. The molecule has 170 valence electrons. The molecule has 0 N–H and O–H groups in total. The van der Waals surface area contributed by atoms with Crippen LogP contribution in [0.15, 0.2) is 54.6 Å². The van der Waals surface area contributed by atoms with Crippen LogP contribution in [0.4, 0.5) is 4.39 Å². The minimum atomic E-state index is -0.313. The number of piperidine rings is 1. The predicted octanol–water partition coefficient (Wildman–Crippen LogP) is 4.27. The summed E-state index contributed by atoms with van der Waals surface area (Å²) in [5.41, 5.74) is 1.08. The number of hydrogen-bond acceptors (Lipinski definition) is 3. The van der Waals surface area contributed by atoms with Gasteiger partial charge in [0.25, 0.3) is 0 Å². The Morgan fingerprint density at radius 2 is 1.75 bits per heavy atom. The van der Waals surface area contributed by atoms with Crippen molar-refractivity contribution in [2.45, 2.75) is 44.8 Å². The first kappa shape index (κ1) is 22.3. The van der Waals surface area contributed by atoms with E-state index in [0.29, 0.717) is 50.6 Å². The van der Waals surface area contributed by atoms with Gasteiger partial charge in [-0.05, 0) is 48.6 Å². The number of likely N-dealkylation sites (tertiary alicyclic amines) is 1. The second-order valence-electron chi connectivity index (χ2n) is 9.09. The molecule has 1 aliphatic heterocycles. The third-order valence-corrected chi connectivity index (χ3v) is 6.40. The Kier molecular flexibility index (Phi) is 7.08. The SMILES string of the molecule is CN(Cc1ccccc1)C(=O)C[C@H]1CN(C(=O)CC2CC2)CC[C@@H]1Oc1ccc(F)cc1. The van der Waals surface area contributed by atoms with Crippen molar-refractivity contribution in [1.82, 2.24) is 9.80 Å². The van der Waals surface area contributed by atoms with Gasteiger partial charge in [0, 0.05) is 51.9 Å². The lowest BCUT2D eigenvalue weighted by molar-refractivity contribution is -0.139. The van der Waals surface area contributed by atoms with Crippen LogP contribution < -0.4 is 4.74 Å². The zero-order chi connectivity index (χ0) is 22.5. The van der Waals surface area contributed by atoms with Crippen molar-refractivity contribution < 1.29 is 18.7 Å². The van der Waals surface area contributed by atoms with Crippen LogP contribution in [0.3, 0.4) is 0 Å². The highest BCUT2D eigenvalue weighted by molar-refractivity contribution is 5.78. The van der Waals surface area contributed by atoms with Crippen LogP contribution in [-0.2, 0) is 16.1 Å². The molecule has 6 heteroatoms. The van der Waals surface area contributed by atoms with E-state index in [1.807, 2.05) is 42.3 Å². The second kappa shape index (κ2) is 10.2. The molecule has 2 aliphatic rings. The van der Waals surface area contributed by atoms with E-state index in [-0.39, 0.29) is 29.7 Å². The lowest BCUT2D eigenvalue weighted by Crippen LogP contribution is -2.49. The van der Waals surface area contributed by atoms with Gasteiger partial charge in [0.05, 0.1) is 0 Å². The molecule has 1 heterocycles. The molecule has 1 saturated carbocycles. The summed E-state index contributed by atoms with van der Waals surface area (Å²) in [6, 6.07) is 15.9. The Hall–Kier alpha value is -2.89. The number of benzene rings is 2. The van der Waals surface area contributed by atoms with Crippen molar-refractivity contribution in [3.63, 3.8) is 0 Å². The molecule has 1 saturated heterocycles. The van der Waals surface area contributed by atoms with Crippen molar-refractivity contribution in [3.05, 3.63) is 66.0 Å². The second-order valence-corrected chi connectivity index (χ2v) is 9.09. The number of nitrogens with zero attached hydrogens (tertiary/aromatic N) is 2. The van der Waals surface area contributed by atoms with Gasteiger partial charge >= 0.3 is 0 Å². The number of hydrogen-bond donors (Lipinski definition) is 0. The molecule has 2 amide bonds. The maximum absolute atomic E-state index is 13.3. The number of halogens is 1. The largest absolute Gasteiger partial charge is 0.490 e. The van der Waals surface area contributed by atoms with Gasteiger partial charge in [-0.15, -0.1) is 0 Å². The van der Waals surface area contributed by atoms with E-state index in [9.17, 15) is 14.0 Å². The van der Waals surface area contributed by atoms with Crippen LogP contribution in [-0.4, -0.2) is 47.9 Å². The average molecular weight is 439 g/mol. The number of amides is 2. The lowest BCUT2D eigenvalue weighted by atomic mass is 9.90. The average Bonchev–Trinajstić information content (AvgIpc) is 3.61. The van der Waals surface area contributed by atoms with Crippen molar-refractivity contribution >= 4 is 11.8 Å². The molecule has 0 spiro atoms. The summed E-state index contributed by atoms with van der Waals surface area (Å²) in [5.74, 6) is 0.915. The third kappa shape index (κ3) is 6.09. The summed E-state index contributed by atoms with van der Waals surface area (Å²) >= 11 is 0. The molecule has 2 fully saturated rings. The van der Waals surface area contributed by atoms with E-state index in [1.54, 1.807) is 17.0 Å². The molecule has 4 rings (SSSR count). The minimum absolute atomic E-state index is 0.0306. The molecule has 0 radical (unpaired) electrons. The van der Waals surface area contributed by atoms with E-state index >= 15 is 0 Å². The van der Waals surface area contributed by atoms with E-state index < -0.39 is 0 Å². The normalized spacial score (nSPS) is 20.6. The maximum atomic E-state index is 13.3. The van der Waals surface area contributed by atoms with Gasteiger partial charge in [-0.25, -0.2) is 4.39 Å². The van der Waals surface area contributed by atoms with Gasteiger partial charge in [-0.2, -0.15) is 0 Å². The standard InChI is InChI=1S/C26H31FN2O3/c1-28(17-20-5-3-2-4-6-20)25(30)16-21-18-29(26(31)15-19-7-8-19)14-13-24(21)32-23-11-9-22(27)10-12-23/h2-6,9-12,19,21,24H,7-8,13-18H2,1H3/t21-,24-/m0/s1. The molecular weight excluding hydrogens is 407 g/mol. The number of rotatable bonds is 8. The van der Waals surface area contributed by atoms with E-state index in [0.717, 1.165) is 18.4 Å². The maximum Gasteiger partial charge on any atom is 0.223 e. The molecule has 0 bridgehead atoms. The molecule has 2 atom stereocenters. The summed E-state index contributed by atoms with van der Waals surface area (Å²) in [6.07, 6.45) is 3.66. The Bertz CT molecular complexity index is 914. The monoisotopic (exact) mass is 438 g/mol. The van der Waals surface area contributed by atoms with Crippen LogP contribution in [0.2, 0.25) is 0 Å². The molecule has 0 aromatic heterocycles. The topological polar surface area (TPSA) is 49.9 Å². The first-order valence-corrected chi connectivity index (χ1v) is 11.5. The number of carbonyl (C=O) groups excluding carboxylic acids is 2. The van der Waals surface area contributed by atoms with Crippen molar-refractivity contribution in [2.24, 2.45) is 11.8 Å². The highest BCUT2D eigenvalue weighted by atomic mass is 19.1. The van der Waals surface area contributed by atoms with Gasteiger partial charge < -0.3 is 14.5 Å². The Morgan fingerprint density at radius 1 is 1.03 bits per heavy atom. The number of carbonyl (C=O) groups is 2. The molecule has 32 heavy (non-hydrogen) atoms. The van der Waals surface area contributed by atoms with Gasteiger partial charge in [0.1, 0.15) is 17.7 Å². The first-order chi connectivity index (χ1) is 15.5. The molecule has 1 aliphatic carbocycles. The summed E-state index contributed by atoms with van der Waals surface area (Å²) in [4.78, 5) is 29.4. The lowest BCUT2D eigenvalue weighted by Gasteiger charge is -2.39. The fourth-order valence-corrected chi connectivity index (χ4v) is 4.30. The number of ether oxygens (including phenoxy) is 1. The van der Waals surface area contributed by atoms with Crippen LogP contribution in [0, 0.1) is 17.7 Å². The van der Waals surface area contributed by atoms with E-state index in [4.69, 9.17) is 4.74 Å². The fourth-order valence-electron chi connectivity index (χ4n) is 4.30. The van der Waals surface area contributed by atoms with Crippen LogP contribution in [0.1, 0.15) is 37.7 Å². The fraction of sp³-hybridized carbons (Fsp3) is 0.462. The van der Waals surface area contributed by atoms with Crippen molar-refractivity contribution in [3.8, 4) is 5.75 Å². The summed E-state index contributed by atoms with van der Waals surface area (Å²) in [6.45, 7) is 1.69. The molecule has 2 aromatic rings. The summed E-state index contributed by atoms with van der Waals surface area (Å²) < 4.78 is 19.4. The zero-order valence-corrected chi connectivity index (χ0v) is 18.6. The van der Waals surface area contributed by atoms with E-state index in [2.05, 4.69) is 0 Å². The van der Waals surface area contributed by atoms with Crippen LogP contribution in [0.25, 0.3) is 0 Å². The van der Waals surface area contributed by atoms with Crippen LogP contribution in [0.5, 0.6) is 5.75 Å². The Labute approximate surface area is 189 Å². The zero-order valence-electron chi connectivity index (χ0n) is 18.6. The Balaban J connectivity index is 1.42. The summed E-state index contributed by atoms with van der Waals surface area (Å²) in [5, 5.41) is 0. The summed E-state index contributed by atoms with van der Waals surface area (Å²) in [7, 11) is 1.81. The molecule has 0 unspecified atom stereocenters. The Morgan fingerprint density at radius 3 is 2.44 bits per heavy atom. The van der Waals surface area contributed by atoms with Crippen molar-refractivity contribution in [1.29, 1.82) is 0 Å². The first-order valence-electron chi connectivity index (χ1n) is 11.5. The van der Waals surface area contributed by atoms with Gasteiger partial charge in [-0.1, -0.05) is 30.3 Å². The van der Waals surface area contributed by atoms with Gasteiger partial charge in [0.15, 0.2) is 0 Å². The smallest absolute Gasteiger partial charge is 0.223 e. The van der Waals surface area contributed by atoms with Crippen molar-refractivity contribution in [2.75, 3.05) is 20.1 Å². The highest BCUT2D eigenvalue weighted by Gasteiger charge is 2.36.